The maximum Gasteiger partial charge on any atom is 0.271 e. The molecule has 4 heterocycles. The second kappa shape index (κ2) is 10.5. The van der Waals surface area contributed by atoms with Crippen LogP contribution in [0.5, 0.6) is 0 Å². The van der Waals surface area contributed by atoms with Crippen LogP contribution in [0.2, 0.25) is 0 Å². The highest BCUT2D eigenvalue weighted by Gasteiger charge is 2.19. The number of amides is 1. The van der Waals surface area contributed by atoms with E-state index < -0.39 is 0 Å². The van der Waals surface area contributed by atoms with Crippen LogP contribution in [0.4, 0.5) is 4.39 Å². The number of hydrogen-bond acceptors (Lipinski definition) is 8. The van der Waals surface area contributed by atoms with Crippen molar-refractivity contribution in [3.63, 3.8) is 0 Å². The fourth-order valence-corrected chi connectivity index (χ4v) is 5.01. The number of thiazole rings is 1. The van der Waals surface area contributed by atoms with Crippen LogP contribution in [-0.4, -0.2) is 35.6 Å². The molecule has 1 aromatic carbocycles. The van der Waals surface area contributed by atoms with Crippen LogP contribution in [-0.2, 0) is 12.3 Å². The smallest absolute Gasteiger partial charge is 0.271 e. The Morgan fingerprint density at radius 3 is 2.66 bits per heavy atom. The SMILES string of the molecule is O=C(NCc1ccccn1)c1csc(CSc2nnc(-c3ccncc3)n2-c2ccccc2F)n1. The highest BCUT2D eigenvalue weighted by atomic mass is 32.2. The number of thioether (sulfide) groups is 1. The van der Waals surface area contributed by atoms with E-state index in [1.807, 2.05) is 18.2 Å². The van der Waals surface area contributed by atoms with Gasteiger partial charge in [0.25, 0.3) is 5.91 Å². The Bertz CT molecular complexity index is 1440. The molecule has 1 N–H and O–H groups in total. The first kappa shape index (κ1) is 22.8. The van der Waals surface area contributed by atoms with Gasteiger partial charge in [0.05, 0.1) is 23.7 Å². The van der Waals surface area contributed by atoms with Crippen LogP contribution in [0.1, 0.15) is 21.2 Å². The first-order valence-electron chi connectivity index (χ1n) is 10.5. The molecule has 0 aliphatic heterocycles. The van der Waals surface area contributed by atoms with Gasteiger partial charge in [-0.05, 0) is 36.4 Å². The number of pyridine rings is 2. The summed E-state index contributed by atoms with van der Waals surface area (Å²) in [6.07, 6.45) is 4.98. The van der Waals surface area contributed by atoms with Crippen LogP contribution in [0.15, 0.2) is 83.7 Å². The zero-order chi connectivity index (χ0) is 24.0. The standard InChI is InChI=1S/C24H18FN7OS2/c25-18-6-1-2-7-20(18)32-22(16-8-11-26-12-9-16)30-31-24(32)35-15-21-29-19(14-34-21)23(33)28-13-17-5-3-4-10-27-17/h1-12,14H,13,15H2,(H,28,33). The van der Waals surface area contributed by atoms with Gasteiger partial charge in [0.2, 0.25) is 0 Å². The van der Waals surface area contributed by atoms with Crippen molar-refractivity contribution in [3.8, 4) is 17.1 Å². The molecule has 8 nitrogen and oxygen atoms in total. The van der Waals surface area contributed by atoms with E-state index in [4.69, 9.17) is 0 Å². The highest BCUT2D eigenvalue weighted by molar-refractivity contribution is 7.98. The summed E-state index contributed by atoms with van der Waals surface area (Å²) < 4.78 is 16.4. The van der Waals surface area contributed by atoms with E-state index in [1.54, 1.807) is 58.9 Å². The van der Waals surface area contributed by atoms with Gasteiger partial charge in [0, 0.05) is 29.5 Å². The molecule has 0 saturated heterocycles. The van der Waals surface area contributed by atoms with Crippen molar-refractivity contribution in [3.05, 3.63) is 101 Å². The molecule has 5 aromatic rings. The maximum atomic E-state index is 14.7. The van der Waals surface area contributed by atoms with Gasteiger partial charge in [-0.1, -0.05) is 30.0 Å². The summed E-state index contributed by atoms with van der Waals surface area (Å²) >= 11 is 2.75. The summed E-state index contributed by atoms with van der Waals surface area (Å²) in [7, 11) is 0. The average molecular weight is 504 g/mol. The Morgan fingerprint density at radius 2 is 1.86 bits per heavy atom. The molecule has 0 radical (unpaired) electrons. The molecule has 0 fully saturated rings. The third kappa shape index (κ3) is 5.26. The van der Waals surface area contributed by atoms with Gasteiger partial charge in [-0.25, -0.2) is 9.37 Å². The number of carbonyl (C=O) groups is 1. The van der Waals surface area contributed by atoms with Gasteiger partial charge in [0.1, 0.15) is 16.5 Å². The van der Waals surface area contributed by atoms with Gasteiger partial charge in [-0.15, -0.1) is 21.5 Å². The summed E-state index contributed by atoms with van der Waals surface area (Å²) in [5.74, 6) is 0.304. The third-order valence-electron chi connectivity index (χ3n) is 4.93. The molecule has 0 spiro atoms. The van der Waals surface area contributed by atoms with Crippen molar-refractivity contribution in [1.29, 1.82) is 0 Å². The minimum absolute atomic E-state index is 0.266. The van der Waals surface area contributed by atoms with E-state index in [-0.39, 0.29) is 11.7 Å². The molecule has 0 bridgehead atoms. The van der Waals surface area contributed by atoms with Gasteiger partial charge in [0.15, 0.2) is 11.0 Å². The number of carbonyl (C=O) groups excluding carboxylic acids is 1. The van der Waals surface area contributed by atoms with E-state index in [0.29, 0.717) is 34.7 Å². The minimum Gasteiger partial charge on any atom is -0.345 e. The normalized spacial score (nSPS) is 10.9. The zero-order valence-corrected chi connectivity index (χ0v) is 19.8. The Balaban J connectivity index is 1.33. The fourth-order valence-electron chi connectivity index (χ4n) is 3.27. The van der Waals surface area contributed by atoms with E-state index in [2.05, 4.69) is 30.5 Å². The first-order chi connectivity index (χ1) is 17.2. The number of nitrogens with one attached hydrogen (secondary N) is 1. The van der Waals surface area contributed by atoms with E-state index in [1.165, 1.54) is 29.2 Å². The van der Waals surface area contributed by atoms with Crippen molar-refractivity contribution in [2.45, 2.75) is 17.5 Å². The number of rotatable bonds is 8. The molecule has 0 aliphatic carbocycles. The molecule has 11 heteroatoms. The number of hydrogen-bond donors (Lipinski definition) is 1. The lowest BCUT2D eigenvalue weighted by molar-refractivity contribution is 0.0946. The summed E-state index contributed by atoms with van der Waals surface area (Å²) in [5.41, 5.74) is 2.23. The largest absolute Gasteiger partial charge is 0.345 e. The van der Waals surface area contributed by atoms with Crippen LogP contribution >= 0.6 is 23.1 Å². The predicted molar refractivity (Wildman–Crippen MR) is 132 cm³/mol. The molecular weight excluding hydrogens is 485 g/mol. The number of benzene rings is 1. The monoisotopic (exact) mass is 503 g/mol. The quantitative estimate of drug-likeness (QED) is 0.310. The summed E-state index contributed by atoms with van der Waals surface area (Å²) in [6, 6.07) is 15.6. The summed E-state index contributed by atoms with van der Waals surface area (Å²) in [4.78, 5) is 25.2. The molecule has 0 aliphatic rings. The first-order valence-corrected chi connectivity index (χ1v) is 12.4. The van der Waals surface area contributed by atoms with Crippen molar-refractivity contribution in [2.75, 3.05) is 0 Å². The fraction of sp³-hybridized carbons (Fsp3) is 0.0833. The van der Waals surface area contributed by atoms with Crippen molar-refractivity contribution in [1.82, 2.24) is 35.0 Å². The lowest BCUT2D eigenvalue weighted by Crippen LogP contribution is -2.23. The van der Waals surface area contributed by atoms with Crippen molar-refractivity contribution < 1.29 is 9.18 Å². The summed E-state index contributed by atoms with van der Waals surface area (Å²) in [6.45, 7) is 0.324. The molecule has 5 rings (SSSR count). The minimum atomic E-state index is -0.384. The topological polar surface area (TPSA) is 98.5 Å². The number of aromatic nitrogens is 6. The lowest BCUT2D eigenvalue weighted by atomic mass is 10.2. The summed E-state index contributed by atoms with van der Waals surface area (Å²) in [5, 5.41) is 14.4. The lowest BCUT2D eigenvalue weighted by Gasteiger charge is -2.10. The van der Waals surface area contributed by atoms with Crippen LogP contribution in [0.3, 0.4) is 0 Å². The van der Waals surface area contributed by atoms with Crippen molar-refractivity contribution in [2.24, 2.45) is 0 Å². The van der Waals surface area contributed by atoms with E-state index in [0.717, 1.165) is 16.3 Å². The second-order valence-corrected chi connectivity index (χ2v) is 9.13. The van der Waals surface area contributed by atoms with Gasteiger partial charge in [-0.3, -0.25) is 19.3 Å². The Kier molecular flexibility index (Phi) is 6.87. The Hall–Kier alpha value is -3.96. The van der Waals surface area contributed by atoms with Crippen molar-refractivity contribution >= 4 is 29.0 Å². The predicted octanol–water partition coefficient (Wildman–Crippen LogP) is 4.54. The molecule has 4 aromatic heterocycles. The van der Waals surface area contributed by atoms with Gasteiger partial charge >= 0.3 is 0 Å². The van der Waals surface area contributed by atoms with E-state index >= 15 is 0 Å². The van der Waals surface area contributed by atoms with Crippen LogP contribution in [0.25, 0.3) is 17.1 Å². The molecule has 0 atom stereocenters. The maximum absolute atomic E-state index is 14.7. The molecule has 0 unspecified atom stereocenters. The average Bonchev–Trinajstić information content (AvgIpc) is 3.55. The van der Waals surface area contributed by atoms with Crippen LogP contribution in [0, 0.1) is 5.82 Å². The zero-order valence-electron chi connectivity index (χ0n) is 18.2. The molecule has 174 valence electrons. The molecule has 1 amide bonds. The van der Waals surface area contributed by atoms with Gasteiger partial charge < -0.3 is 5.32 Å². The molecule has 0 saturated carbocycles. The third-order valence-corrected chi connectivity index (χ3v) is 6.90. The number of halogens is 1. The van der Waals surface area contributed by atoms with E-state index in [9.17, 15) is 9.18 Å². The molecular formula is C24H18FN7OS2. The second-order valence-electron chi connectivity index (χ2n) is 7.25. The Morgan fingerprint density at radius 1 is 1.03 bits per heavy atom. The Labute approximate surface area is 208 Å². The van der Waals surface area contributed by atoms with Crippen LogP contribution < -0.4 is 5.32 Å². The number of nitrogens with zero attached hydrogens (tertiary/aromatic N) is 6. The number of para-hydroxylation sites is 1. The van der Waals surface area contributed by atoms with Gasteiger partial charge in [-0.2, -0.15) is 0 Å². The highest BCUT2D eigenvalue weighted by Crippen LogP contribution is 2.31. The molecule has 35 heavy (non-hydrogen) atoms.